The third-order valence-electron chi connectivity index (χ3n) is 3.77. The molecule has 2 rings (SSSR count). The molecule has 98 valence electrons. The van der Waals surface area contributed by atoms with Crippen LogP contribution in [0.1, 0.15) is 43.5 Å². The van der Waals surface area contributed by atoms with Gasteiger partial charge in [-0.05, 0) is 45.2 Å². The number of nitrogens with zero attached hydrogens (tertiary/aromatic N) is 1. The summed E-state index contributed by atoms with van der Waals surface area (Å²) >= 11 is 0. The average molecular weight is 247 g/mol. The SMILES string of the molecule is COc1ccccc1C(=O)N1C(C)CCCC1C. The Bertz CT molecular complexity index is 420. The molecule has 3 heteroatoms. The Labute approximate surface area is 109 Å². The van der Waals surface area contributed by atoms with Crippen molar-refractivity contribution >= 4 is 5.91 Å². The lowest BCUT2D eigenvalue weighted by Gasteiger charge is -2.39. The molecule has 0 bridgehead atoms. The molecular weight excluding hydrogens is 226 g/mol. The number of carbonyl (C=O) groups is 1. The van der Waals surface area contributed by atoms with E-state index in [1.807, 2.05) is 29.2 Å². The van der Waals surface area contributed by atoms with Gasteiger partial charge in [0.05, 0.1) is 12.7 Å². The lowest BCUT2D eigenvalue weighted by Crippen LogP contribution is -2.47. The van der Waals surface area contributed by atoms with E-state index in [1.165, 1.54) is 6.42 Å². The Morgan fingerprint density at radius 1 is 1.22 bits per heavy atom. The fourth-order valence-corrected chi connectivity index (χ4v) is 2.78. The number of piperidine rings is 1. The Morgan fingerprint density at radius 3 is 2.44 bits per heavy atom. The van der Waals surface area contributed by atoms with Gasteiger partial charge in [-0.3, -0.25) is 4.79 Å². The summed E-state index contributed by atoms with van der Waals surface area (Å²) in [6.45, 7) is 4.26. The molecular formula is C15H21NO2. The lowest BCUT2D eigenvalue weighted by molar-refractivity contribution is 0.0507. The Hall–Kier alpha value is -1.51. The number of likely N-dealkylation sites (tertiary alicyclic amines) is 1. The van der Waals surface area contributed by atoms with Gasteiger partial charge in [0.25, 0.3) is 5.91 Å². The van der Waals surface area contributed by atoms with Gasteiger partial charge in [-0.15, -0.1) is 0 Å². The van der Waals surface area contributed by atoms with E-state index in [2.05, 4.69) is 13.8 Å². The molecule has 2 unspecified atom stereocenters. The zero-order chi connectivity index (χ0) is 13.1. The number of para-hydroxylation sites is 1. The van der Waals surface area contributed by atoms with Gasteiger partial charge in [0, 0.05) is 12.1 Å². The van der Waals surface area contributed by atoms with E-state index in [0.29, 0.717) is 23.4 Å². The molecule has 18 heavy (non-hydrogen) atoms. The molecule has 0 spiro atoms. The van der Waals surface area contributed by atoms with E-state index >= 15 is 0 Å². The lowest BCUT2D eigenvalue weighted by atomic mass is 9.96. The molecule has 2 atom stereocenters. The van der Waals surface area contributed by atoms with Crippen LogP contribution in [0, 0.1) is 0 Å². The largest absolute Gasteiger partial charge is 0.496 e. The van der Waals surface area contributed by atoms with Crippen LogP contribution >= 0.6 is 0 Å². The number of amides is 1. The number of hydrogen-bond donors (Lipinski definition) is 0. The molecule has 0 aromatic heterocycles. The molecule has 1 amide bonds. The number of carbonyl (C=O) groups excluding carboxylic acids is 1. The molecule has 3 nitrogen and oxygen atoms in total. The molecule has 0 radical (unpaired) electrons. The van der Waals surface area contributed by atoms with Crippen molar-refractivity contribution in [1.82, 2.24) is 4.90 Å². The summed E-state index contributed by atoms with van der Waals surface area (Å²) in [5, 5.41) is 0. The summed E-state index contributed by atoms with van der Waals surface area (Å²) in [7, 11) is 1.61. The summed E-state index contributed by atoms with van der Waals surface area (Å²) in [5.74, 6) is 0.750. The Morgan fingerprint density at radius 2 is 1.83 bits per heavy atom. The van der Waals surface area contributed by atoms with Crippen LogP contribution in [0.4, 0.5) is 0 Å². The molecule has 1 saturated heterocycles. The highest BCUT2D eigenvalue weighted by molar-refractivity contribution is 5.97. The summed E-state index contributed by atoms with van der Waals surface area (Å²) in [5.41, 5.74) is 0.667. The maximum absolute atomic E-state index is 12.6. The number of hydrogen-bond acceptors (Lipinski definition) is 2. The van der Waals surface area contributed by atoms with Crippen LogP contribution in [0.3, 0.4) is 0 Å². The number of benzene rings is 1. The first-order valence-corrected chi connectivity index (χ1v) is 6.61. The minimum absolute atomic E-state index is 0.0900. The van der Waals surface area contributed by atoms with Gasteiger partial charge in [-0.2, -0.15) is 0 Å². The van der Waals surface area contributed by atoms with Crippen LogP contribution < -0.4 is 4.74 Å². The van der Waals surface area contributed by atoms with Crippen molar-refractivity contribution in [2.75, 3.05) is 7.11 Å². The van der Waals surface area contributed by atoms with Gasteiger partial charge in [-0.1, -0.05) is 12.1 Å². The second-order valence-electron chi connectivity index (χ2n) is 5.04. The fraction of sp³-hybridized carbons (Fsp3) is 0.533. The standard InChI is InChI=1S/C15H21NO2/c1-11-7-6-8-12(2)16(11)15(17)13-9-4-5-10-14(13)18-3/h4-5,9-12H,6-8H2,1-3H3. The van der Waals surface area contributed by atoms with Gasteiger partial charge in [0.2, 0.25) is 0 Å². The summed E-state index contributed by atoms with van der Waals surface area (Å²) in [6, 6.07) is 8.08. The maximum Gasteiger partial charge on any atom is 0.258 e. The Kier molecular flexibility index (Phi) is 3.90. The van der Waals surface area contributed by atoms with Crippen molar-refractivity contribution in [3.05, 3.63) is 29.8 Å². The van der Waals surface area contributed by atoms with Gasteiger partial charge < -0.3 is 9.64 Å². The molecule has 0 aliphatic carbocycles. The third kappa shape index (κ3) is 2.35. The summed E-state index contributed by atoms with van der Waals surface area (Å²) in [6.07, 6.45) is 3.38. The minimum atomic E-state index is 0.0900. The molecule has 1 fully saturated rings. The highest BCUT2D eigenvalue weighted by Gasteiger charge is 2.30. The monoisotopic (exact) mass is 247 g/mol. The van der Waals surface area contributed by atoms with E-state index in [4.69, 9.17) is 4.74 Å². The highest BCUT2D eigenvalue weighted by atomic mass is 16.5. The average Bonchev–Trinajstić information content (AvgIpc) is 2.38. The van der Waals surface area contributed by atoms with Gasteiger partial charge in [0.15, 0.2) is 0 Å². The van der Waals surface area contributed by atoms with Crippen molar-refractivity contribution in [2.24, 2.45) is 0 Å². The van der Waals surface area contributed by atoms with E-state index in [0.717, 1.165) is 12.8 Å². The topological polar surface area (TPSA) is 29.5 Å². The van der Waals surface area contributed by atoms with Gasteiger partial charge in [0.1, 0.15) is 5.75 Å². The molecule has 0 saturated carbocycles. The van der Waals surface area contributed by atoms with E-state index < -0.39 is 0 Å². The van der Waals surface area contributed by atoms with Gasteiger partial charge in [-0.25, -0.2) is 0 Å². The zero-order valence-corrected chi connectivity index (χ0v) is 11.3. The van der Waals surface area contributed by atoms with Crippen LogP contribution in [0.5, 0.6) is 5.75 Å². The predicted octanol–water partition coefficient (Wildman–Crippen LogP) is 3.10. The molecule has 1 aliphatic rings. The van der Waals surface area contributed by atoms with E-state index in [1.54, 1.807) is 7.11 Å². The van der Waals surface area contributed by atoms with Crippen molar-refractivity contribution in [3.63, 3.8) is 0 Å². The third-order valence-corrected chi connectivity index (χ3v) is 3.77. The second kappa shape index (κ2) is 5.42. The second-order valence-corrected chi connectivity index (χ2v) is 5.04. The molecule has 1 aromatic carbocycles. The van der Waals surface area contributed by atoms with E-state index in [-0.39, 0.29) is 5.91 Å². The number of methoxy groups -OCH3 is 1. The molecule has 0 N–H and O–H groups in total. The summed E-state index contributed by atoms with van der Waals surface area (Å²) in [4.78, 5) is 14.6. The van der Waals surface area contributed by atoms with Gasteiger partial charge >= 0.3 is 0 Å². The maximum atomic E-state index is 12.6. The predicted molar refractivity (Wildman–Crippen MR) is 71.9 cm³/mol. The number of rotatable bonds is 2. The Balaban J connectivity index is 2.29. The van der Waals surface area contributed by atoms with Crippen molar-refractivity contribution in [2.45, 2.75) is 45.2 Å². The first-order valence-electron chi connectivity index (χ1n) is 6.61. The quantitative estimate of drug-likeness (QED) is 0.803. The number of ether oxygens (including phenoxy) is 1. The fourth-order valence-electron chi connectivity index (χ4n) is 2.78. The van der Waals surface area contributed by atoms with Crippen LogP contribution in [0.15, 0.2) is 24.3 Å². The van der Waals surface area contributed by atoms with Crippen molar-refractivity contribution in [1.29, 1.82) is 0 Å². The molecule has 1 aliphatic heterocycles. The van der Waals surface area contributed by atoms with Crippen LogP contribution in [0.25, 0.3) is 0 Å². The first-order chi connectivity index (χ1) is 8.65. The summed E-state index contributed by atoms with van der Waals surface area (Å²) < 4.78 is 5.28. The molecule has 1 heterocycles. The smallest absolute Gasteiger partial charge is 0.258 e. The zero-order valence-electron chi connectivity index (χ0n) is 11.3. The van der Waals surface area contributed by atoms with Crippen LogP contribution in [-0.4, -0.2) is 30.0 Å². The minimum Gasteiger partial charge on any atom is -0.496 e. The van der Waals surface area contributed by atoms with Crippen LogP contribution in [-0.2, 0) is 0 Å². The van der Waals surface area contributed by atoms with Crippen LogP contribution in [0.2, 0.25) is 0 Å². The first kappa shape index (κ1) is 12.9. The van der Waals surface area contributed by atoms with E-state index in [9.17, 15) is 4.79 Å². The highest BCUT2D eigenvalue weighted by Crippen LogP contribution is 2.27. The van der Waals surface area contributed by atoms with Crippen molar-refractivity contribution < 1.29 is 9.53 Å². The normalized spacial score (nSPS) is 23.8. The van der Waals surface area contributed by atoms with Crippen molar-refractivity contribution in [3.8, 4) is 5.75 Å². The molecule has 1 aromatic rings.